The average Bonchev–Trinajstić information content (AvgIpc) is 3.08. The molecular formula is C17H20N2O2S. The summed E-state index contributed by atoms with van der Waals surface area (Å²) in [6.45, 7) is 3.05. The number of hydrogen-bond acceptors (Lipinski definition) is 4. The highest BCUT2D eigenvalue weighted by molar-refractivity contribution is 8.00. The van der Waals surface area contributed by atoms with Gasteiger partial charge in [0.05, 0.1) is 18.1 Å². The lowest BCUT2D eigenvalue weighted by Gasteiger charge is -2.37. The second-order valence-electron chi connectivity index (χ2n) is 5.72. The number of carbonyl (C=O) groups excluding carboxylic acids is 1. The van der Waals surface area contributed by atoms with E-state index < -0.39 is 0 Å². The number of aromatic nitrogens is 1. The van der Waals surface area contributed by atoms with E-state index in [0.29, 0.717) is 11.7 Å². The summed E-state index contributed by atoms with van der Waals surface area (Å²) >= 11 is 1.56. The van der Waals surface area contributed by atoms with Gasteiger partial charge < -0.3 is 9.32 Å². The fraction of sp³-hybridized carbons (Fsp3) is 0.412. The molecule has 1 aliphatic rings. The SMILES string of the molecule is C[C@@H]1CCN(C(=O)CSc2ccncc2)[C@@H](c2ccco2)C1. The van der Waals surface area contributed by atoms with Crippen LogP contribution in [0.15, 0.2) is 52.2 Å². The fourth-order valence-electron chi connectivity index (χ4n) is 2.85. The van der Waals surface area contributed by atoms with Gasteiger partial charge >= 0.3 is 0 Å². The van der Waals surface area contributed by atoms with Gasteiger partial charge in [-0.25, -0.2) is 0 Å². The van der Waals surface area contributed by atoms with Gasteiger partial charge in [-0.3, -0.25) is 9.78 Å². The maximum atomic E-state index is 12.6. The first-order valence-electron chi connectivity index (χ1n) is 7.59. The maximum Gasteiger partial charge on any atom is 0.233 e. The molecule has 0 spiro atoms. The van der Waals surface area contributed by atoms with Crippen molar-refractivity contribution in [1.29, 1.82) is 0 Å². The molecule has 0 aromatic carbocycles. The minimum absolute atomic E-state index is 0.0734. The molecule has 22 heavy (non-hydrogen) atoms. The summed E-state index contributed by atoms with van der Waals surface area (Å²) in [6, 6.07) is 7.80. The van der Waals surface area contributed by atoms with Crippen molar-refractivity contribution < 1.29 is 9.21 Å². The molecule has 0 N–H and O–H groups in total. The minimum Gasteiger partial charge on any atom is -0.467 e. The van der Waals surface area contributed by atoms with E-state index in [1.807, 2.05) is 29.2 Å². The Bertz CT molecular complexity index is 600. The van der Waals surface area contributed by atoms with Gasteiger partial charge in [-0.05, 0) is 43.0 Å². The molecule has 3 rings (SSSR count). The smallest absolute Gasteiger partial charge is 0.233 e. The van der Waals surface area contributed by atoms with Crippen molar-refractivity contribution in [2.75, 3.05) is 12.3 Å². The molecule has 2 atom stereocenters. The van der Waals surface area contributed by atoms with Gasteiger partial charge in [0.2, 0.25) is 5.91 Å². The molecule has 5 heteroatoms. The van der Waals surface area contributed by atoms with Crippen molar-refractivity contribution in [2.45, 2.75) is 30.7 Å². The van der Waals surface area contributed by atoms with Crippen molar-refractivity contribution >= 4 is 17.7 Å². The fourth-order valence-corrected chi connectivity index (χ4v) is 3.62. The van der Waals surface area contributed by atoms with E-state index in [9.17, 15) is 4.79 Å². The third kappa shape index (κ3) is 3.53. The molecule has 1 aliphatic heterocycles. The molecule has 0 saturated carbocycles. The lowest BCUT2D eigenvalue weighted by atomic mass is 9.91. The van der Waals surface area contributed by atoms with E-state index >= 15 is 0 Å². The number of nitrogens with zero attached hydrogens (tertiary/aromatic N) is 2. The summed E-state index contributed by atoms with van der Waals surface area (Å²) in [5, 5.41) is 0. The first kappa shape index (κ1) is 15.2. The predicted octanol–water partition coefficient (Wildman–Crippen LogP) is 3.77. The quantitative estimate of drug-likeness (QED) is 0.806. The largest absolute Gasteiger partial charge is 0.467 e. The number of amides is 1. The van der Waals surface area contributed by atoms with Gasteiger partial charge in [-0.1, -0.05) is 6.92 Å². The molecule has 0 radical (unpaired) electrons. The van der Waals surface area contributed by atoms with Crippen LogP contribution < -0.4 is 0 Å². The topological polar surface area (TPSA) is 46.3 Å². The van der Waals surface area contributed by atoms with Crippen LogP contribution in [0, 0.1) is 5.92 Å². The molecule has 0 unspecified atom stereocenters. The van der Waals surface area contributed by atoms with Crippen molar-refractivity contribution in [3.05, 3.63) is 48.7 Å². The van der Waals surface area contributed by atoms with Crippen molar-refractivity contribution in [3.63, 3.8) is 0 Å². The standard InChI is InChI=1S/C17H20N2O2S/c1-13-6-9-19(15(11-13)16-3-2-10-21-16)17(20)12-22-14-4-7-18-8-5-14/h2-5,7-8,10,13,15H,6,9,11-12H2,1H3/t13-,15-/m1/s1. The number of likely N-dealkylation sites (tertiary alicyclic amines) is 1. The van der Waals surface area contributed by atoms with E-state index in [2.05, 4.69) is 11.9 Å². The third-order valence-electron chi connectivity index (χ3n) is 4.07. The normalized spacial score (nSPS) is 21.8. The molecule has 2 aromatic heterocycles. The maximum absolute atomic E-state index is 12.6. The van der Waals surface area contributed by atoms with Crippen molar-refractivity contribution in [2.24, 2.45) is 5.92 Å². The highest BCUT2D eigenvalue weighted by Crippen LogP contribution is 2.35. The summed E-state index contributed by atoms with van der Waals surface area (Å²) < 4.78 is 5.56. The van der Waals surface area contributed by atoms with Crippen LogP contribution in [0.2, 0.25) is 0 Å². The Labute approximate surface area is 134 Å². The molecule has 3 heterocycles. The Morgan fingerprint density at radius 2 is 2.23 bits per heavy atom. The van der Waals surface area contributed by atoms with E-state index in [-0.39, 0.29) is 11.9 Å². The summed E-state index contributed by atoms with van der Waals surface area (Å²) in [7, 11) is 0. The van der Waals surface area contributed by atoms with Crippen LogP contribution in [-0.2, 0) is 4.79 Å². The molecular weight excluding hydrogens is 296 g/mol. The van der Waals surface area contributed by atoms with Crippen LogP contribution in [0.3, 0.4) is 0 Å². The van der Waals surface area contributed by atoms with Gasteiger partial charge in [-0.15, -0.1) is 11.8 Å². The van der Waals surface area contributed by atoms with Crippen LogP contribution in [0.5, 0.6) is 0 Å². The second kappa shape index (κ2) is 7.01. The average molecular weight is 316 g/mol. The number of furan rings is 1. The highest BCUT2D eigenvalue weighted by Gasteiger charge is 2.32. The Morgan fingerprint density at radius 1 is 1.41 bits per heavy atom. The molecule has 0 bridgehead atoms. The zero-order valence-corrected chi connectivity index (χ0v) is 13.5. The zero-order chi connectivity index (χ0) is 15.4. The van der Waals surface area contributed by atoms with Gasteiger partial charge in [0.15, 0.2) is 0 Å². The van der Waals surface area contributed by atoms with Crippen LogP contribution >= 0.6 is 11.8 Å². The lowest BCUT2D eigenvalue weighted by Crippen LogP contribution is -2.41. The first-order chi connectivity index (χ1) is 10.7. The monoisotopic (exact) mass is 316 g/mol. The Balaban J connectivity index is 1.67. The number of thioether (sulfide) groups is 1. The van der Waals surface area contributed by atoms with E-state index in [1.165, 1.54) is 0 Å². The summed E-state index contributed by atoms with van der Waals surface area (Å²) in [6.07, 6.45) is 7.22. The van der Waals surface area contributed by atoms with Crippen LogP contribution in [0.25, 0.3) is 0 Å². The van der Waals surface area contributed by atoms with Crippen LogP contribution in [0.4, 0.5) is 0 Å². The summed E-state index contributed by atoms with van der Waals surface area (Å²) in [5.41, 5.74) is 0. The molecule has 4 nitrogen and oxygen atoms in total. The number of piperidine rings is 1. The van der Waals surface area contributed by atoms with Gasteiger partial charge in [0.25, 0.3) is 0 Å². The predicted molar refractivity (Wildman–Crippen MR) is 86.5 cm³/mol. The van der Waals surface area contributed by atoms with Crippen molar-refractivity contribution in [1.82, 2.24) is 9.88 Å². The molecule has 116 valence electrons. The lowest BCUT2D eigenvalue weighted by molar-refractivity contribution is -0.133. The van der Waals surface area contributed by atoms with E-state index in [0.717, 1.165) is 30.0 Å². The zero-order valence-electron chi connectivity index (χ0n) is 12.6. The van der Waals surface area contributed by atoms with Crippen LogP contribution in [-0.4, -0.2) is 28.1 Å². The molecule has 1 fully saturated rings. The molecule has 0 aliphatic carbocycles. The summed E-state index contributed by atoms with van der Waals surface area (Å²) in [5.74, 6) is 2.14. The Morgan fingerprint density at radius 3 is 2.95 bits per heavy atom. The van der Waals surface area contributed by atoms with Crippen molar-refractivity contribution in [3.8, 4) is 0 Å². The van der Waals surface area contributed by atoms with E-state index in [1.54, 1.807) is 30.4 Å². The number of pyridine rings is 1. The van der Waals surface area contributed by atoms with E-state index in [4.69, 9.17) is 4.42 Å². The minimum atomic E-state index is 0.0734. The molecule has 2 aromatic rings. The molecule has 1 amide bonds. The number of rotatable bonds is 4. The van der Waals surface area contributed by atoms with Crippen LogP contribution in [0.1, 0.15) is 31.6 Å². The number of carbonyl (C=O) groups is 1. The Kier molecular flexibility index (Phi) is 4.83. The van der Waals surface area contributed by atoms with Gasteiger partial charge in [0.1, 0.15) is 5.76 Å². The second-order valence-corrected chi connectivity index (χ2v) is 6.77. The number of hydrogen-bond donors (Lipinski definition) is 0. The van der Waals surface area contributed by atoms with Gasteiger partial charge in [-0.2, -0.15) is 0 Å². The first-order valence-corrected chi connectivity index (χ1v) is 8.58. The highest BCUT2D eigenvalue weighted by atomic mass is 32.2. The summed E-state index contributed by atoms with van der Waals surface area (Å²) in [4.78, 5) is 19.7. The van der Waals surface area contributed by atoms with Gasteiger partial charge in [0, 0.05) is 23.8 Å². The molecule has 1 saturated heterocycles. The third-order valence-corrected chi connectivity index (χ3v) is 5.07. The Hall–Kier alpha value is -1.75.